The minimum Gasteiger partial charge on any atom is -0.480 e. The van der Waals surface area contributed by atoms with Crippen molar-refractivity contribution in [2.24, 2.45) is 0 Å². The second-order valence-corrected chi connectivity index (χ2v) is 5.92. The first-order valence-corrected chi connectivity index (χ1v) is 7.06. The Bertz CT molecular complexity index is 556. The van der Waals surface area contributed by atoms with Gasteiger partial charge in [-0.05, 0) is 31.2 Å². The second-order valence-electron chi connectivity index (χ2n) is 4.18. The van der Waals surface area contributed by atoms with Crippen LogP contribution in [0.5, 0.6) is 0 Å². The Morgan fingerprint density at radius 2 is 2.00 bits per heavy atom. The predicted molar refractivity (Wildman–Crippen MR) is 79.2 cm³/mol. The number of carboxylic acids is 1. The minimum atomic E-state index is -0.849. The summed E-state index contributed by atoms with van der Waals surface area (Å²) in [5.74, 6) is -0.849. The van der Waals surface area contributed by atoms with E-state index < -0.39 is 5.97 Å². The molecule has 1 aromatic carbocycles. The van der Waals surface area contributed by atoms with E-state index in [-0.39, 0.29) is 12.6 Å². The summed E-state index contributed by atoms with van der Waals surface area (Å²) in [6, 6.07) is 13.3. The molecule has 0 radical (unpaired) electrons. The van der Waals surface area contributed by atoms with E-state index in [2.05, 4.69) is 0 Å². The molecule has 5 heteroatoms. The van der Waals surface area contributed by atoms with Crippen molar-refractivity contribution >= 4 is 34.6 Å². The summed E-state index contributed by atoms with van der Waals surface area (Å²) in [4.78, 5) is 14.0. The highest BCUT2D eigenvalue weighted by atomic mass is 35.5. The highest BCUT2D eigenvalue weighted by molar-refractivity contribution is 7.16. The van der Waals surface area contributed by atoms with Crippen molar-refractivity contribution in [3.05, 3.63) is 51.7 Å². The first-order chi connectivity index (χ1) is 9.08. The average Bonchev–Trinajstić information content (AvgIpc) is 2.83. The summed E-state index contributed by atoms with van der Waals surface area (Å²) in [6.45, 7) is 1.94. The van der Waals surface area contributed by atoms with Crippen molar-refractivity contribution in [1.29, 1.82) is 0 Å². The van der Waals surface area contributed by atoms with Crippen LogP contribution in [0.2, 0.25) is 4.34 Å². The Labute approximate surface area is 121 Å². The Kier molecular flexibility index (Phi) is 4.45. The first-order valence-electron chi connectivity index (χ1n) is 5.86. The van der Waals surface area contributed by atoms with Crippen LogP contribution >= 0.6 is 22.9 Å². The molecule has 2 rings (SSSR count). The van der Waals surface area contributed by atoms with Gasteiger partial charge >= 0.3 is 5.97 Å². The highest BCUT2D eigenvalue weighted by Gasteiger charge is 2.20. The second kappa shape index (κ2) is 6.08. The summed E-state index contributed by atoms with van der Waals surface area (Å²) in [7, 11) is 0. The Balaban J connectivity index is 2.30. The SMILES string of the molecule is CC(c1ccc(Cl)s1)N(CC(=O)O)c1ccccc1. The van der Waals surface area contributed by atoms with Crippen molar-refractivity contribution in [3.63, 3.8) is 0 Å². The molecule has 0 fully saturated rings. The van der Waals surface area contributed by atoms with E-state index in [0.29, 0.717) is 4.34 Å². The maximum Gasteiger partial charge on any atom is 0.323 e. The fourth-order valence-corrected chi connectivity index (χ4v) is 3.05. The molecule has 0 bridgehead atoms. The number of carbonyl (C=O) groups is 1. The van der Waals surface area contributed by atoms with Gasteiger partial charge in [0.15, 0.2) is 0 Å². The zero-order valence-electron chi connectivity index (χ0n) is 10.4. The van der Waals surface area contributed by atoms with E-state index in [1.807, 2.05) is 54.3 Å². The van der Waals surface area contributed by atoms with E-state index in [4.69, 9.17) is 16.7 Å². The zero-order valence-corrected chi connectivity index (χ0v) is 12.0. The fourth-order valence-electron chi connectivity index (χ4n) is 1.92. The molecular formula is C14H14ClNO2S. The molecule has 100 valence electrons. The van der Waals surface area contributed by atoms with Crippen molar-refractivity contribution in [3.8, 4) is 0 Å². The van der Waals surface area contributed by atoms with Gasteiger partial charge in [-0.3, -0.25) is 4.79 Å². The molecule has 2 aromatic rings. The van der Waals surface area contributed by atoms with Gasteiger partial charge in [0.05, 0.1) is 10.4 Å². The van der Waals surface area contributed by atoms with E-state index >= 15 is 0 Å². The summed E-state index contributed by atoms with van der Waals surface area (Å²) < 4.78 is 0.713. The van der Waals surface area contributed by atoms with E-state index in [1.165, 1.54) is 11.3 Å². The molecule has 0 aliphatic rings. The van der Waals surface area contributed by atoms with Gasteiger partial charge in [-0.25, -0.2) is 0 Å². The number of halogens is 1. The van der Waals surface area contributed by atoms with Crippen LogP contribution in [0.3, 0.4) is 0 Å². The molecule has 0 aliphatic carbocycles. The zero-order chi connectivity index (χ0) is 13.8. The Hall–Kier alpha value is -1.52. The van der Waals surface area contributed by atoms with Gasteiger partial charge in [0, 0.05) is 10.6 Å². The third-order valence-electron chi connectivity index (χ3n) is 2.87. The summed E-state index contributed by atoms with van der Waals surface area (Å²) in [5, 5.41) is 9.08. The summed E-state index contributed by atoms with van der Waals surface area (Å²) in [6.07, 6.45) is 0. The lowest BCUT2D eigenvalue weighted by Crippen LogP contribution is -2.31. The quantitative estimate of drug-likeness (QED) is 0.904. The van der Waals surface area contributed by atoms with E-state index in [9.17, 15) is 4.79 Å². The Morgan fingerprint density at radius 3 is 2.53 bits per heavy atom. The maximum absolute atomic E-state index is 11.1. The highest BCUT2D eigenvalue weighted by Crippen LogP contribution is 2.32. The lowest BCUT2D eigenvalue weighted by molar-refractivity contribution is -0.135. The molecule has 1 aromatic heterocycles. The molecule has 1 N–H and O–H groups in total. The molecule has 0 aliphatic heterocycles. The number of benzene rings is 1. The van der Waals surface area contributed by atoms with Gasteiger partial charge in [-0.2, -0.15) is 0 Å². The van der Waals surface area contributed by atoms with Crippen LogP contribution in [-0.4, -0.2) is 17.6 Å². The molecule has 19 heavy (non-hydrogen) atoms. The molecule has 0 spiro atoms. The van der Waals surface area contributed by atoms with Crippen LogP contribution in [0.25, 0.3) is 0 Å². The smallest absolute Gasteiger partial charge is 0.323 e. The molecular weight excluding hydrogens is 282 g/mol. The lowest BCUT2D eigenvalue weighted by Gasteiger charge is -2.29. The minimum absolute atomic E-state index is 0.0315. The molecule has 0 amide bonds. The van der Waals surface area contributed by atoms with Gasteiger partial charge < -0.3 is 10.0 Å². The molecule has 1 unspecified atom stereocenters. The van der Waals surface area contributed by atoms with Crippen LogP contribution in [0, 0.1) is 0 Å². The lowest BCUT2D eigenvalue weighted by atomic mass is 10.2. The van der Waals surface area contributed by atoms with Gasteiger partial charge in [0.1, 0.15) is 6.54 Å². The van der Waals surface area contributed by atoms with Gasteiger partial charge in [0.25, 0.3) is 0 Å². The third-order valence-corrected chi connectivity index (χ3v) is 4.27. The van der Waals surface area contributed by atoms with E-state index in [0.717, 1.165) is 10.6 Å². The molecule has 3 nitrogen and oxygen atoms in total. The number of hydrogen-bond acceptors (Lipinski definition) is 3. The van der Waals surface area contributed by atoms with Gasteiger partial charge in [-0.15, -0.1) is 11.3 Å². The van der Waals surface area contributed by atoms with Crippen molar-refractivity contribution in [2.45, 2.75) is 13.0 Å². The number of carboxylic acid groups (broad SMARTS) is 1. The number of thiophene rings is 1. The fraction of sp³-hybridized carbons (Fsp3) is 0.214. The number of anilines is 1. The van der Waals surface area contributed by atoms with Crippen molar-refractivity contribution in [2.75, 3.05) is 11.4 Å². The van der Waals surface area contributed by atoms with Crippen molar-refractivity contribution < 1.29 is 9.90 Å². The average molecular weight is 296 g/mol. The number of hydrogen-bond donors (Lipinski definition) is 1. The largest absolute Gasteiger partial charge is 0.480 e. The van der Waals surface area contributed by atoms with E-state index in [1.54, 1.807) is 0 Å². The molecule has 0 saturated carbocycles. The third kappa shape index (κ3) is 3.49. The monoisotopic (exact) mass is 295 g/mol. The topological polar surface area (TPSA) is 40.5 Å². The molecule has 0 saturated heterocycles. The number of aliphatic carboxylic acids is 1. The van der Waals surface area contributed by atoms with Gasteiger partial charge in [0.2, 0.25) is 0 Å². The van der Waals surface area contributed by atoms with Crippen molar-refractivity contribution in [1.82, 2.24) is 0 Å². The van der Waals surface area contributed by atoms with Crippen LogP contribution in [0.4, 0.5) is 5.69 Å². The van der Waals surface area contributed by atoms with Crippen LogP contribution in [0.1, 0.15) is 17.8 Å². The molecule has 1 atom stereocenters. The number of rotatable bonds is 5. The molecule has 1 heterocycles. The van der Waals surface area contributed by atoms with Crippen LogP contribution in [-0.2, 0) is 4.79 Å². The summed E-state index contributed by atoms with van der Waals surface area (Å²) in [5.41, 5.74) is 0.891. The van der Waals surface area contributed by atoms with Gasteiger partial charge in [-0.1, -0.05) is 29.8 Å². The standard InChI is InChI=1S/C14H14ClNO2S/c1-10(12-7-8-13(15)19-12)16(9-14(17)18)11-5-3-2-4-6-11/h2-8,10H,9H2,1H3,(H,17,18). The predicted octanol–water partition coefficient (Wildman–Crippen LogP) is 4.05. The van der Waals surface area contributed by atoms with Crippen LogP contribution < -0.4 is 4.90 Å². The number of nitrogens with zero attached hydrogens (tertiary/aromatic N) is 1. The normalized spacial score (nSPS) is 12.1. The summed E-state index contributed by atoms with van der Waals surface area (Å²) >= 11 is 7.42. The number of para-hydroxylation sites is 1. The first kappa shape index (κ1) is 13.9. The maximum atomic E-state index is 11.1. The van der Waals surface area contributed by atoms with Crippen LogP contribution in [0.15, 0.2) is 42.5 Å². The Morgan fingerprint density at radius 1 is 1.32 bits per heavy atom.